The SMILES string of the molecule is CSc1ccc(C(C#N)c2ncccn2)cc1. The maximum Gasteiger partial charge on any atom is 0.149 e. The Balaban J connectivity index is 2.33. The second-order valence-corrected chi connectivity index (χ2v) is 4.32. The Kier molecular flexibility index (Phi) is 3.73. The summed E-state index contributed by atoms with van der Waals surface area (Å²) in [6.45, 7) is 0. The number of benzene rings is 1. The van der Waals surface area contributed by atoms with Crippen LogP contribution in [0.15, 0.2) is 47.6 Å². The van der Waals surface area contributed by atoms with E-state index in [4.69, 9.17) is 0 Å². The third-order valence-corrected chi connectivity index (χ3v) is 3.17. The maximum absolute atomic E-state index is 9.22. The molecule has 4 heteroatoms. The van der Waals surface area contributed by atoms with Crippen molar-refractivity contribution >= 4 is 11.8 Å². The topological polar surface area (TPSA) is 49.6 Å². The van der Waals surface area contributed by atoms with E-state index in [0.717, 1.165) is 5.56 Å². The first-order chi connectivity index (χ1) is 8.35. The molecule has 0 fully saturated rings. The van der Waals surface area contributed by atoms with Crippen LogP contribution in [0.5, 0.6) is 0 Å². The van der Waals surface area contributed by atoms with Gasteiger partial charge >= 0.3 is 0 Å². The van der Waals surface area contributed by atoms with Gasteiger partial charge in [0.2, 0.25) is 0 Å². The molecule has 1 heterocycles. The second-order valence-electron chi connectivity index (χ2n) is 3.44. The van der Waals surface area contributed by atoms with Crippen LogP contribution >= 0.6 is 11.8 Å². The molecule has 0 aliphatic carbocycles. The molecule has 0 saturated heterocycles. The minimum atomic E-state index is -0.396. The van der Waals surface area contributed by atoms with Gasteiger partial charge in [0.15, 0.2) is 0 Å². The number of hydrogen-bond acceptors (Lipinski definition) is 4. The highest BCUT2D eigenvalue weighted by molar-refractivity contribution is 7.98. The summed E-state index contributed by atoms with van der Waals surface area (Å²) in [6.07, 6.45) is 5.34. The second kappa shape index (κ2) is 5.46. The first kappa shape index (κ1) is 11.6. The fourth-order valence-electron chi connectivity index (χ4n) is 1.54. The summed E-state index contributed by atoms with van der Waals surface area (Å²) in [4.78, 5) is 9.44. The lowest BCUT2D eigenvalue weighted by Crippen LogP contribution is -2.03. The Bertz CT molecular complexity index is 517. The number of hydrogen-bond donors (Lipinski definition) is 0. The predicted molar refractivity (Wildman–Crippen MR) is 67.7 cm³/mol. The van der Waals surface area contributed by atoms with E-state index >= 15 is 0 Å². The Morgan fingerprint density at radius 1 is 1.18 bits per heavy atom. The zero-order valence-electron chi connectivity index (χ0n) is 9.37. The van der Waals surface area contributed by atoms with Crippen LogP contribution in [0.1, 0.15) is 17.3 Å². The average molecular weight is 241 g/mol. The summed E-state index contributed by atoms with van der Waals surface area (Å²) in [5.74, 6) is 0.152. The number of nitriles is 1. The van der Waals surface area contributed by atoms with E-state index < -0.39 is 5.92 Å². The van der Waals surface area contributed by atoms with Gasteiger partial charge in [-0.1, -0.05) is 12.1 Å². The van der Waals surface area contributed by atoms with Crippen molar-refractivity contribution in [3.63, 3.8) is 0 Å². The molecule has 0 bridgehead atoms. The largest absolute Gasteiger partial charge is 0.240 e. The van der Waals surface area contributed by atoms with Crippen molar-refractivity contribution in [2.24, 2.45) is 0 Å². The van der Waals surface area contributed by atoms with Gasteiger partial charge in [-0.15, -0.1) is 11.8 Å². The highest BCUT2D eigenvalue weighted by Gasteiger charge is 2.15. The zero-order chi connectivity index (χ0) is 12.1. The normalized spacial score (nSPS) is 11.8. The molecular weight excluding hydrogens is 230 g/mol. The van der Waals surface area contributed by atoms with Crippen LogP contribution in [-0.4, -0.2) is 16.2 Å². The van der Waals surface area contributed by atoms with Gasteiger partial charge in [-0.05, 0) is 30.0 Å². The molecule has 0 amide bonds. The van der Waals surface area contributed by atoms with E-state index in [9.17, 15) is 5.26 Å². The third-order valence-electron chi connectivity index (χ3n) is 2.42. The van der Waals surface area contributed by atoms with Crippen LogP contribution in [-0.2, 0) is 0 Å². The molecule has 0 radical (unpaired) electrons. The Morgan fingerprint density at radius 2 is 1.82 bits per heavy atom. The molecule has 2 aromatic rings. The first-order valence-corrected chi connectivity index (χ1v) is 6.38. The molecule has 0 aliphatic rings. The van der Waals surface area contributed by atoms with Crippen LogP contribution < -0.4 is 0 Å². The minimum absolute atomic E-state index is 0.396. The van der Waals surface area contributed by atoms with E-state index in [1.807, 2.05) is 30.5 Å². The molecule has 84 valence electrons. The standard InChI is InChI=1S/C13H11N3S/c1-17-11-5-3-10(4-6-11)12(9-14)13-15-7-2-8-16-13/h2-8,12H,1H3. The minimum Gasteiger partial charge on any atom is -0.240 e. The summed E-state index contributed by atoms with van der Waals surface area (Å²) in [6, 6.07) is 11.9. The maximum atomic E-state index is 9.22. The molecule has 0 aliphatic heterocycles. The summed E-state index contributed by atoms with van der Waals surface area (Å²) in [7, 11) is 0. The lowest BCUT2D eigenvalue weighted by Gasteiger charge is -2.08. The summed E-state index contributed by atoms with van der Waals surface area (Å²) >= 11 is 1.68. The Hall–Kier alpha value is -1.86. The molecule has 0 N–H and O–H groups in total. The van der Waals surface area contributed by atoms with Gasteiger partial charge in [0.25, 0.3) is 0 Å². The van der Waals surface area contributed by atoms with Gasteiger partial charge < -0.3 is 0 Å². The summed E-state index contributed by atoms with van der Waals surface area (Å²) in [5.41, 5.74) is 0.927. The quantitative estimate of drug-likeness (QED) is 0.775. The van der Waals surface area contributed by atoms with Crippen molar-refractivity contribution in [1.29, 1.82) is 5.26 Å². The molecular formula is C13H11N3S. The van der Waals surface area contributed by atoms with Crippen LogP contribution in [0.25, 0.3) is 0 Å². The third kappa shape index (κ3) is 2.63. The molecule has 1 aromatic heterocycles. The molecule has 2 rings (SSSR count). The van der Waals surface area contributed by atoms with Crippen LogP contribution in [0.2, 0.25) is 0 Å². The molecule has 17 heavy (non-hydrogen) atoms. The number of aromatic nitrogens is 2. The van der Waals surface area contributed by atoms with Crippen LogP contribution in [0.4, 0.5) is 0 Å². The van der Waals surface area contributed by atoms with E-state index in [2.05, 4.69) is 16.0 Å². The summed E-state index contributed by atoms with van der Waals surface area (Å²) in [5, 5.41) is 9.22. The van der Waals surface area contributed by atoms with Crippen molar-refractivity contribution in [3.05, 3.63) is 54.1 Å². The van der Waals surface area contributed by atoms with Gasteiger partial charge in [-0.3, -0.25) is 0 Å². The zero-order valence-corrected chi connectivity index (χ0v) is 10.2. The van der Waals surface area contributed by atoms with E-state index in [1.165, 1.54) is 4.90 Å². The van der Waals surface area contributed by atoms with Crippen molar-refractivity contribution in [2.75, 3.05) is 6.26 Å². The average Bonchev–Trinajstić information content (AvgIpc) is 2.42. The fourth-order valence-corrected chi connectivity index (χ4v) is 1.95. The van der Waals surface area contributed by atoms with Gasteiger partial charge in [0.05, 0.1) is 6.07 Å². The van der Waals surface area contributed by atoms with Crippen LogP contribution in [0.3, 0.4) is 0 Å². The smallest absolute Gasteiger partial charge is 0.149 e. The Morgan fingerprint density at radius 3 is 2.35 bits per heavy atom. The van der Waals surface area contributed by atoms with Crippen molar-refractivity contribution in [1.82, 2.24) is 9.97 Å². The molecule has 1 unspecified atom stereocenters. The highest BCUT2D eigenvalue weighted by Crippen LogP contribution is 2.23. The summed E-state index contributed by atoms with van der Waals surface area (Å²) < 4.78 is 0. The monoisotopic (exact) mass is 241 g/mol. The predicted octanol–water partition coefficient (Wildman–Crippen LogP) is 2.85. The molecule has 3 nitrogen and oxygen atoms in total. The van der Waals surface area contributed by atoms with Crippen molar-refractivity contribution < 1.29 is 0 Å². The molecule has 1 aromatic carbocycles. The molecule has 0 saturated carbocycles. The van der Waals surface area contributed by atoms with Gasteiger partial charge in [0, 0.05) is 17.3 Å². The van der Waals surface area contributed by atoms with Gasteiger partial charge in [-0.2, -0.15) is 5.26 Å². The van der Waals surface area contributed by atoms with Crippen molar-refractivity contribution in [3.8, 4) is 6.07 Å². The lowest BCUT2D eigenvalue weighted by molar-refractivity contribution is 0.889. The van der Waals surface area contributed by atoms with Gasteiger partial charge in [-0.25, -0.2) is 9.97 Å². The van der Waals surface area contributed by atoms with Gasteiger partial charge in [0.1, 0.15) is 11.7 Å². The number of nitrogens with zero attached hydrogens (tertiary/aromatic N) is 3. The fraction of sp³-hybridized carbons (Fsp3) is 0.154. The first-order valence-electron chi connectivity index (χ1n) is 5.15. The molecule has 1 atom stereocenters. The van der Waals surface area contributed by atoms with E-state index in [-0.39, 0.29) is 0 Å². The van der Waals surface area contributed by atoms with E-state index in [1.54, 1.807) is 30.2 Å². The van der Waals surface area contributed by atoms with E-state index in [0.29, 0.717) is 5.82 Å². The highest BCUT2D eigenvalue weighted by atomic mass is 32.2. The number of rotatable bonds is 3. The lowest BCUT2D eigenvalue weighted by atomic mass is 10.00. The van der Waals surface area contributed by atoms with Crippen LogP contribution in [0, 0.1) is 11.3 Å². The molecule has 0 spiro atoms. The number of thioether (sulfide) groups is 1. The Labute approximate surface area is 105 Å². The van der Waals surface area contributed by atoms with Crippen molar-refractivity contribution in [2.45, 2.75) is 10.8 Å².